The fourth-order valence-corrected chi connectivity index (χ4v) is 0.706. The molecule has 1 heterocycles. The topological polar surface area (TPSA) is 97.4 Å². The number of hydrogen-bond donors (Lipinski definition) is 3. The summed E-state index contributed by atoms with van der Waals surface area (Å²) in [6.07, 6.45) is 1.37. The Morgan fingerprint density at radius 2 is 2.31 bits per heavy atom. The number of hydrogen-bond acceptors (Lipinski definition) is 4. The zero-order chi connectivity index (χ0) is 9.68. The quantitative estimate of drug-likeness (QED) is 0.318. The maximum Gasteiger partial charge on any atom is 0.287 e. The first-order valence-corrected chi connectivity index (χ1v) is 3.55. The first-order valence-electron chi connectivity index (χ1n) is 3.55. The Kier molecular flexibility index (Phi) is 3.04. The van der Waals surface area contributed by atoms with Crippen LogP contribution in [0.25, 0.3) is 0 Å². The first kappa shape index (κ1) is 9.27. The third-order valence-corrected chi connectivity index (χ3v) is 1.32. The van der Waals surface area contributed by atoms with Gasteiger partial charge in [-0.1, -0.05) is 0 Å². The number of carbonyl (C=O) groups excluding carboxylic acids is 2. The van der Waals surface area contributed by atoms with Crippen LogP contribution in [0.15, 0.2) is 22.8 Å². The largest absolute Gasteiger partial charge is 0.459 e. The molecule has 13 heavy (non-hydrogen) atoms. The van der Waals surface area contributed by atoms with Crippen molar-refractivity contribution in [3.8, 4) is 0 Å². The number of furan rings is 1. The van der Waals surface area contributed by atoms with Gasteiger partial charge in [0.05, 0.1) is 12.8 Å². The second-order valence-corrected chi connectivity index (χ2v) is 2.23. The van der Waals surface area contributed by atoms with Crippen LogP contribution in [0.4, 0.5) is 0 Å². The minimum Gasteiger partial charge on any atom is -0.459 e. The Morgan fingerprint density at radius 3 is 2.85 bits per heavy atom. The number of nitrogens with one attached hydrogen (secondary N) is 2. The van der Waals surface area contributed by atoms with E-state index in [0.29, 0.717) is 0 Å². The summed E-state index contributed by atoms with van der Waals surface area (Å²) in [6.45, 7) is -0.171. The maximum atomic E-state index is 11.1. The third-order valence-electron chi connectivity index (χ3n) is 1.32. The minimum atomic E-state index is -0.472. The fraction of sp³-hybridized carbons (Fsp3) is 0.143. The zero-order valence-electron chi connectivity index (χ0n) is 6.74. The average molecular weight is 183 g/mol. The lowest BCUT2D eigenvalue weighted by atomic mass is 10.4. The summed E-state index contributed by atoms with van der Waals surface area (Å²) < 4.78 is 4.79. The normalized spacial score (nSPS) is 9.31. The molecule has 70 valence electrons. The van der Waals surface area contributed by atoms with Gasteiger partial charge in [0, 0.05) is 0 Å². The van der Waals surface area contributed by atoms with E-state index in [4.69, 9.17) is 10.3 Å². The smallest absolute Gasteiger partial charge is 0.287 e. The van der Waals surface area contributed by atoms with Crippen molar-refractivity contribution in [3.63, 3.8) is 0 Å². The molecule has 0 atom stereocenters. The molecule has 1 rings (SSSR count). The molecule has 0 spiro atoms. The van der Waals surface area contributed by atoms with Crippen molar-refractivity contribution in [2.45, 2.75) is 0 Å². The van der Waals surface area contributed by atoms with Gasteiger partial charge < -0.3 is 9.73 Å². The lowest BCUT2D eigenvalue weighted by Crippen LogP contribution is -2.40. The van der Waals surface area contributed by atoms with Crippen molar-refractivity contribution < 1.29 is 14.0 Å². The molecule has 0 saturated carbocycles. The van der Waals surface area contributed by atoms with E-state index in [9.17, 15) is 9.59 Å². The van der Waals surface area contributed by atoms with Crippen LogP contribution in [-0.4, -0.2) is 18.4 Å². The summed E-state index contributed by atoms with van der Waals surface area (Å²) in [4.78, 5) is 21.7. The molecule has 0 fully saturated rings. The van der Waals surface area contributed by atoms with Crippen LogP contribution < -0.4 is 16.6 Å². The molecule has 0 radical (unpaired) electrons. The van der Waals surface area contributed by atoms with Crippen LogP contribution >= 0.6 is 0 Å². The monoisotopic (exact) mass is 183 g/mol. The molecular formula is C7H9N3O3. The number of amides is 2. The fourth-order valence-electron chi connectivity index (χ4n) is 0.706. The van der Waals surface area contributed by atoms with Crippen LogP contribution in [0.1, 0.15) is 10.6 Å². The van der Waals surface area contributed by atoms with Gasteiger partial charge in [-0.3, -0.25) is 15.0 Å². The number of carbonyl (C=O) groups is 2. The molecule has 0 aromatic carbocycles. The Hall–Kier alpha value is -1.82. The zero-order valence-corrected chi connectivity index (χ0v) is 6.74. The Balaban J connectivity index is 2.39. The summed E-state index contributed by atoms with van der Waals surface area (Å²) in [5, 5.41) is 2.31. The highest BCUT2D eigenvalue weighted by Crippen LogP contribution is 1.98. The molecule has 0 aliphatic rings. The second kappa shape index (κ2) is 4.27. The van der Waals surface area contributed by atoms with Crippen LogP contribution in [0.3, 0.4) is 0 Å². The highest BCUT2D eigenvalue weighted by molar-refractivity contribution is 5.93. The first-order chi connectivity index (χ1) is 6.24. The molecule has 2 amide bonds. The molecular weight excluding hydrogens is 174 g/mol. The molecule has 4 N–H and O–H groups in total. The van der Waals surface area contributed by atoms with Crippen molar-refractivity contribution in [1.82, 2.24) is 10.7 Å². The van der Waals surface area contributed by atoms with Crippen LogP contribution in [0.2, 0.25) is 0 Å². The molecule has 0 saturated heterocycles. The lowest BCUT2D eigenvalue weighted by Gasteiger charge is -2.00. The van der Waals surface area contributed by atoms with E-state index in [1.807, 2.05) is 5.43 Å². The van der Waals surface area contributed by atoms with Crippen molar-refractivity contribution >= 4 is 11.8 Å². The highest BCUT2D eigenvalue weighted by atomic mass is 16.3. The Morgan fingerprint density at radius 1 is 1.54 bits per heavy atom. The van der Waals surface area contributed by atoms with Crippen molar-refractivity contribution in [3.05, 3.63) is 24.2 Å². The lowest BCUT2D eigenvalue weighted by molar-refractivity contribution is -0.120. The van der Waals surface area contributed by atoms with Crippen LogP contribution in [-0.2, 0) is 4.79 Å². The third kappa shape index (κ3) is 2.60. The van der Waals surface area contributed by atoms with Gasteiger partial charge in [0.15, 0.2) is 5.76 Å². The van der Waals surface area contributed by atoms with Gasteiger partial charge >= 0.3 is 0 Å². The predicted molar refractivity (Wildman–Crippen MR) is 43.4 cm³/mol. The van der Waals surface area contributed by atoms with Crippen molar-refractivity contribution in [2.75, 3.05) is 6.54 Å². The van der Waals surface area contributed by atoms with Gasteiger partial charge in [-0.15, -0.1) is 0 Å². The molecule has 0 bridgehead atoms. The van der Waals surface area contributed by atoms with Gasteiger partial charge in [-0.2, -0.15) is 0 Å². The Labute approximate surface area is 74.1 Å². The van der Waals surface area contributed by atoms with Crippen LogP contribution in [0.5, 0.6) is 0 Å². The molecule has 0 unspecified atom stereocenters. The van der Waals surface area contributed by atoms with E-state index in [0.717, 1.165) is 0 Å². The summed E-state index contributed by atoms with van der Waals surface area (Å²) in [5.41, 5.74) is 1.88. The average Bonchev–Trinajstić information content (AvgIpc) is 2.66. The summed E-state index contributed by atoms with van der Waals surface area (Å²) in [7, 11) is 0. The molecule has 0 aliphatic heterocycles. The summed E-state index contributed by atoms with van der Waals surface area (Å²) >= 11 is 0. The van der Waals surface area contributed by atoms with E-state index in [1.165, 1.54) is 12.3 Å². The highest BCUT2D eigenvalue weighted by Gasteiger charge is 2.08. The van der Waals surface area contributed by atoms with E-state index >= 15 is 0 Å². The molecule has 6 nitrogen and oxygen atoms in total. The van der Waals surface area contributed by atoms with E-state index in [1.54, 1.807) is 6.07 Å². The predicted octanol–water partition coefficient (Wildman–Crippen LogP) is -1.00. The molecule has 1 aromatic heterocycles. The SMILES string of the molecule is NNC(=O)CNC(=O)c1ccco1. The van der Waals surface area contributed by atoms with Crippen LogP contribution in [0, 0.1) is 0 Å². The van der Waals surface area contributed by atoms with E-state index in [-0.39, 0.29) is 12.3 Å². The minimum absolute atomic E-state index is 0.157. The standard InChI is InChI=1S/C7H9N3O3/c8-10-6(11)4-9-7(12)5-2-1-3-13-5/h1-3H,4,8H2,(H,9,12)(H,10,11). The Bertz CT molecular complexity index is 294. The van der Waals surface area contributed by atoms with Gasteiger partial charge in [0.2, 0.25) is 0 Å². The number of nitrogens with two attached hydrogens (primary N) is 1. The van der Waals surface area contributed by atoms with E-state index < -0.39 is 11.8 Å². The maximum absolute atomic E-state index is 11.1. The van der Waals surface area contributed by atoms with Gasteiger partial charge in [-0.25, -0.2) is 5.84 Å². The number of rotatable bonds is 3. The number of hydrazine groups is 1. The molecule has 1 aromatic rings. The van der Waals surface area contributed by atoms with Crippen molar-refractivity contribution in [2.24, 2.45) is 5.84 Å². The van der Waals surface area contributed by atoms with E-state index in [2.05, 4.69) is 5.32 Å². The second-order valence-electron chi connectivity index (χ2n) is 2.23. The van der Waals surface area contributed by atoms with Gasteiger partial charge in [-0.05, 0) is 12.1 Å². The van der Waals surface area contributed by atoms with Crippen molar-refractivity contribution in [1.29, 1.82) is 0 Å². The molecule has 6 heteroatoms. The summed E-state index contributed by atoms with van der Waals surface area (Å²) in [6, 6.07) is 3.08. The van der Waals surface area contributed by atoms with Gasteiger partial charge in [0.1, 0.15) is 0 Å². The summed E-state index contributed by atoms with van der Waals surface area (Å²) in [5.74, 6) is 4.04. The molecule has 0 aliphatic carbocycles. The van der Waals surface area contributed by atoms with Gasteiger partial charge in [0.25, 0.3) is 11.8 Å².